The molecule has 1 saturated carbocycles. The highest BCUT2D eigenvalue weighted by atomic mass is 19.1. The molecule has 0 radical (unpaired) electrons. The molecule has 4 aromatic carbocycles. The van der Waals surface area contributed by atoms with Crippen molar-refractivity contribution in [3.05, 3.63) is 90.0 Å². The first-order chi connectivity index (χ1) is 21.6. The lowest BCUT2D eigenvalue weighted by Gasteiger charge is -2.37. The van der Waals surface area contributed by atoms with E-state index in [9.17, 15) is 10.4 Å². The maximum absolute atomic E-state index is 17.3. The minimum atomic E-state index is -0.508. The Morgan fingerprint density at radius 2 is 1.86 bits per heavy atom. The van der Waals surface area contributed by atoms with E-state index >= 15 is 4.39 Å². The van der Waals surface area contributed by atoms with Crippen LogP contribution in [0.5, 0.6) is 17.4 Å². The number of para-hydroxylation sites is 1. The molecule has 3 fully saturated rings. The van der Waals surface area contributed by atoms with E-state index in [1.54, 1.807) is 12.1 Å². The predicted octanol–water partition coefficient (Wildman–Crippen LogP) is 7.59. The normalized spacial score (nSPS) is 19.0. The Morgan fingerprint density at radius 1 is 1.05 bits per heavy atom. The van der Waals surface area contributed by atoms with Crippen molar-refractivity contribution in [1.82, 2.24) is 19.9 Å². The SMILES string of the molecule is CCc1nc2c(Oc3ccccc3)nc3c(F)c(-c4cc(O)cc5ccccc45)c(CCC#N)cc3c2n1C1C2CNC1C2. The number of aromatic hydroxyl groups is 1. The van der Waals surface area contributed by atoms with Gasteiger partial charge in [0, 0.05) is 36.4 Å². The Kier molecular flexibility index (Phi) is 6.24. The molecular weight excluding hydrogens is 553 g/mol. The summed E-state index contributed by atoms with van der Waals surface area (Å²) in [4.78, 5) is 9.91. The van der Waals surface area contributed by atoms with E-state index in [4.69, 9.17) is 14.7 Å². The molecule has 3 unspecified atom stereocenters. The minimum absolute atomic E-state index is 0.0413. The van der Waals surface area contributed by atoms with Crippen LogP contribution in [-0.4, -0.2) is 32.2 Å². The van der Waals surface area contributed by atoms with Crippen LogP contribution >= 0.6 is 0 Å². The predicted molar refractivity (Wildman–Crippen MR) is 168 cm³/mol. The maximum Gasteiger partial charge on any atom is 0.248 e. The minimum Gasteiger partial charge on any atom is -0.508 e. The molecule has 9 rings (SSSR count). The molecule has 2 bridgehead atoms. The Bertz CT molecular complexity index is 2120. The van der Waals surface area contributed by atoms with E-state index in [-0.39, 0.29) is 29.6 Å². The summed E-state index contributed by atoms with van der Waals surface area (Å²) in [6.07, 6.45) is 2.38. The van der Waals surface area contributed by atoms with Gasteiger partial charge in [0.05, 0.1) is 17.6 Å². The second-order valence-corrected chi connectivity index (χ2v) is 11.8. The summed E-state index contributed by atoms with van der Waals surface area (Å²) in [7, 11) is 0. The van der Waals surface area contributed by atoms with Crippen LogP contribution in [0.15, 0.2) is 72.8 Å². The van der Waals surface area contributed by atoms with Gasteiger partial charge in [0.15, 0.2) is 11.3 Å². The topological polar surface area (TPSA) is 96.0 Å². The Labute approximate surface area is 253 Å². The highest BCUT2D eigenvalue weighted by Gasteiger charge is 2.49. The molecule has 2 aromatic heterocycles. The van der Waals surface area contributed by atoms with Crippen LogP contribution in [-0.2, 0) is 12.8 Å². The monoisotopic (exact) mass is 583 g/mol. The first kappa shape index (κ1) is 26.6. The second-order valence-electron chi connectivity index (χ2n) is 11.8. The average molecular weight is 584 g/mol. The first-order valence-corrected chi connectivity index (χ1v) is 15.2. The van der Waals surface area contributed by atoms with E-state index in [1.807, 2.05) is 60.7 Å². The van der Waals surface area contributed by atoms with E-state index in [0.717, 1.165) is 35.1 Å². The third-order valence-corrected chi connectivity index (χ3v) is 9.27. The molecule has 7 nitrogen and oxygen atoms in total. The van der Waals surface area contributed by atoms with Gasteiger partial charge in [0.2, 0.25) is 5.88 Å². The van der Waals surface area contributed by atoms with Crippen molar-refractivity contribution >= 4 is 32.7 Å². The number of pyridine rings is 1. The number of imidazole rings is 1. The summed E-state index contributed by atoms with van der Waals surface area (Å²) in [6, 6.07) is 25.0. The number of nitrogens with zero attached hydrogens (tertiary/aromatic N) is 4. The molecular formula is C36H30FN5O2. The van der Waals surface area contributed by atoms with Gasteiger partial charge in [-0.05, 0) is 71.0 Å². The third-order valence-electron chi connectivity index (χ3n) is 9.27. The molecule has 2 saturated heterocycles. The fraction of sp³-hybridized carbons (Fsp3) is 0.250. The zero-order valence-corrected chi connectivity index (χ0v) is 24.2. The molecule has 44 heavy (non-hydrogen) atoms. The van der Waals surface area contributed by atoms with Crippen molar-refractivity contribution in [3.8, 4) is 34.6 Å². The maximum atomic E-state index is 17.3. The van der Waals surface area contributed by atoms with Crippen LogP contribution in [0, 0.1) is 23.1 Å². The number of phenolic OH excluding ortho intramolecular Hbond substituents is 1. The third kappa shape index (κ3) is 4.04. The number of nitrogens with one attached hydrogen (secondary N) is 1. The van der Waals surface area contributed by atoms with E-state index in [0.29, 0.717) is 58.1 Å². The van der Waals surface area contributed by atoms with Gasteiger partial charge >= 0.3 is 0 Å². The molecule has 8 heteroatoms. The summed E-state index contributed by atoms with van der Waals surface area (Å²) in [5.74, 6) is 1.76. The smallest absolute Gasteiger partial charge is 0.248 e. The van der Waals surface area contributed by atoms with Crippen molar-refractivity contribution in [2.24, 2.45) is 5.92 Å². The summed E-state index contributed by atoms with van der Waals surface area (Å²) in [6.45, 7) is 3.04. The van der Waals surface area contributed by atoms with E-state index in [1.165, 1.54) is 0 Å². The number of phenols is 1. The molecule has 2 N–H and O–H groups in total. The van der Waals surface area contributed by atoms with Crippen molar-refractivity contribution in [1.29, 1.82) is 5.26 Å². The summed E-state index contributed by atoms with van der Waals surface area (Å²) in [5.41, 5.74) is 3.17. The number of rotatable bonds is 7. The van der Waals surface area contributed by atoms with Crippen molar-refractivity contribution in [2.45, 2.75) is 44.7 Å². The molecule has 6 aromatic rings. The molecule has 0 amide bonds. The highest BCUT2D eigenvalue weighted by Crippen LogP contribution is 2.49. The fourth-order valence-electron chi connectivity index (χ4n) is 7.28. The van der Waals surface area contributed by atoms with Gasteiger partial charge in [-0.3, -0.25) is 0 Å². The van der Waals surface area contributed by atoms with Gasteiger partial charge in [-0.2, -0.15) is 5.26 Å². The number of hydrogen-bond donors (Lipinski definition) is 2. The van der Waals surface area contributed by atoms with Gasteiger partial charge in [-0.25, -0.2) is 14.4 Å². The number of fused-ring (bicyclic) bond motifs is 5. The number of ether oxygens (including phenoxy) is 1. The Morgan fingerprint density at radius 3 is 2.61 bits per heavy atom. The highest BCUT2D eigenvalue weighted by molar-refractivity contribution is 6.08. The zero-order valence-electron chi connectivity index (χ0n) is 24.2. The van der Waals surface area contributed by atoms with Crippen LogP contribution in [0.2, 0.25) is 0 Å². The number of nitriles is 1. The van der Waals surface area contributed by atoms with Crippen LogP contribution in [0.4, 0.5) is 4.39 Å². The largest absolute Gasteiger partial charge is 0.508 e. The number of aromatic nitrogens is 3. The van der Waals surface area contributed by atoms with Gasteiger partial charge in [0.1, 0.15) is 22.8 Å². The van der Waals surface area contributed by atoms with Gasteiger partial charge < -0.3 is 19.7 Å². The molecule has 3 atom stereocenters. The summed E-state index contributed by atoms with van der Waals surface area (Å²) < 4.78 is 26.0. The second kappa shape index (κ2) is 10.3. The van der Waals surface area contributed by atoms with Crippen LogP contribution in [0.1, 0.15) is 37.2 Å². The lowest BCUT2D eigenvalue weighted by Crippen LogP contribution is -2.39. The zero-order chi connectivity index (χ0) is 29.9. The molecule has 0 spiro atoms. The van der Waals surface area contributed by atoms with Crippen LogP contribution in [0.3, 0.4) is 0 Å². The number of halogens is 1. The number of benzene rings is 4. The number of aryl methyl sites for hydroxylation is 2. The Balaban J connectivity index is 1.48. The van der Waals surface area contributed by atoms with Crippen molar-refractivity contribution < 1.29 is 14.2 Å². The van der Waals surface area contributed by atoms with E-state index in [2.05, 4.69) is 22.9 Å². The lowest BCUT2D eigenvalue weighted by molar-refractivity contribution is 0.221. The molecule has 1 aliphatic carbocycles. The van der Waals surface area contributed by atoms with Gasteiger partial charge in [0.25, 0.3) is 0 Å². The number of hydrogen-bond acceptors (Lipinski definition) is 6. The van der Waals surface area contributed by atoms with Crippen LogP contribution < -0.4 is 10.1 Å². The summed E-state index contributed by atoms with van der Waals surface area (Å²) >= 11 is 0. The van der Waals surface area contributed by atoms with Crippen molar-refractivity contribution in [2.75, 3.05) is 6.54 Å². The lowest BCUT2D eigenvalue weighted by atomic mass is 9.79. The average Bonchev–Trinajstić information content (AvgIpc) is 3.77. The standard InChI is InChI=1S/C36H30FN5O2/c1-2-29-40-33-35(42(29)34-22-17-28(34)39-19-22)27-16-21(10-8-14-38)30(26-18-23(43)15-20-9-6-7-13-25(20)26)31(37)32(27)41-36(33)44-24-11-4-3-5-12-24/h3-7,9,11-13,15-16,18,22,28,34,39,43H,2,8,10,17,19H2,1H3. The Hall–Kier alpha value is -5.00. The van der Waals surface area contributed by atoms with E-state index < -0.39 is 5.82 Å². The van der Waals surface area contributed by atoms with Crippen molar-refractivity contribution in [3.63, 3.8) is 0 Å². The first-order valence-electron chi connectivity index (χ1n) is 15.2. The van der Waals surface area contributed by atoms with Gasteiger partial charge in [-0.1, -0.05) is 49.4 Å². The molecule has 2 aliphatic heterocycles. The molecule has 218 valence electrons. The molecule has 3 aliphatic rings. The van der Waals surface area contributed by atoms with Crippen LogP contribution in [0.25, 0.3) is 43.8 Å². The molecule has 4 heterocycles. The quantitative estimate of drug-likeness (QED) is 0.201. The summed E-state index contributed by atoms with van der Waals surface area (Å²) in [5, 5.41) is 26.1. The fourth-order valence-corrected chi connectivity index (χ4v) is 7.28. The van der Waals surface area contributed by atoms with Gasteiger partial charge in [-0.15, -0.1) is 0 Å².